The summed E-state index contributed by atoms with van der Waals surface area (Å²) in [7, 11) is 0. The summed E-state index contributed by atoms with van der Waals surface area (Å²) in [6, 6.07) is 7.15. The van der Waals surface area contributed by atoms with Crippen molar-refractivity contribution in [3.8, 4) is 5.75 Å². The van der Waals surface area contributed by atoms with E-state index in [-0.39, 0.29) is 11.5 Å². The lowest BCUT2D eigenvalue weighted by atomic mass is 9.92. The fraction of sp³-hybridized carbons (Fsp3) is 0.294. The van der Waals surface area contributed by atoms with Gasteiger partial charge in [0.05, 0.1) is 5.56 Å². The average molecular weight is 318 g/mol. The number of likely N-dealkylation sites (tertiary alicyclic amines) is 1. The molecule has 1 N–H and O–H groups in total. The molecule has 1 aromatic heterocycles. The summed E-state index contributed by atoms with van der Waals surface area (Å²) in [5.74, 6) is -3.11. The van der Waals surface area contributed by atoms with Crippen LogP contribution in [0.2, 0.25) is 0 Å². The molecule has 1 aromatic carbocycles. The molecule has 6 heteroatoms. The second-order valence-electron chi connectivity index (χ2n) is 5.60. The van der Waals surface area contributed by atoms with Crippen molar-refractivity contribution in [3.05, 3.63) is 59.4 Å². The van der Waals surface area contributed by atoms with Crippen LogP contribution < -0.4 is 0 Å². The van der Waals surface area contributed by atoms with Gasteiger partial charge in [-0.3, -0.25) is 9.78 Å². The van der Waals surface area contributed by atoms with Gasteiger partial charge in [0.25, 0.3) is 5.91 Å². The number of hydrogen-bond acceptors (Lipinski definition) is 3. The molecule has 0 unspecified atom stereocenters. The van der Waals surface area contributed by atoms with Crippen LogP contribution in [0.5, 0.6) is 5.75 Å². The van der Waals surface area contributed by atoms with E-state index >= 15 is 0 Å². The minimum atomic E-state index is -1.13. The first-order chi connectivity index (χ1) is 11.1. The molecular formula is C17H16F2N2O2. The molecule has 120 valence electrons. The summed E-state index contributed by atoms with van der Waals surface area (Å²) < 4.78 is 26.7. The Bertz CT molecular complexity index is 714. The minimum Gasteiger partial charge on any atom is -0.504 e. The lowest BCUT2D eigenvalue weighted by Gasteiger charge is -2.32. The van der Waals surface area contributed by atoms with Crippen molar-refractivity contribution >= 4 is 5.91 Å². The number of nitrogens with zero attached hydrogens (tertiary/aromatic N) is 2. The Hall–Kier alpha value is -2.50. The predicted molar refractivity (Wildman–Crippen MR) is 80.1 cm³/mol. The zero-order valence-corrected chi connectivity index (χ0v) is 12.4. The molecule has 1 fully saturated rings. The van der Waals surface area contributed by atoms with Crippen LogP contribution in [0.4, 0.5) is 8.78 Å². The van der Waals surface area contributed by atoms with Crippen molar-refractivity contribution in [3.63, 3.8) is 0 Å². The standard InChI is InChI=1S/C17H16F2N2O2/c18-12-9-13(16(22)14(19)10-12)17(23)21-7-4-11(5-8-21)15-3-1-2-6-20-15/h1-3,6,9-11,22H,4-5,7-8H2. The van der Waals surface area contributed by atoms with Gasteiger partial charge in [0, 0.05) is 37.0 Å². The maximum absolute atomic E-state index is 13.4. The molecule has 0 bridgehead atoms. The maximum atomic E-state index is 13.4. The zero-order valence-electron chi connectivity index (χ0n) is 12.4. The number of phenols is 1. The van der Waals surface area contributed by atoms with Gasteiger partial charge in [-0.25, -0.2) is 8.78 Å². The largest absolute Gasteiger partial charge is 0.504 e. The molecule has 3 rings (SSSR count). The van der Waals surface area contributed by atoms with Crippen LogP contribution in [0.25, 0.3) is 0 Å². The summed E-state index contributed by atoms with van der Waals surface area (Å²) in [4.78, 5) is 18.2. The van der Waals surface area contributed by atoms with E-state index < -0.39 is 23.3 Å². The Morgan fingerprint density at radius 2 is 1.96 bits per heavy atom. The van der Waals surface area contributed by atoms with Crippen molar-refractivity contribution < 1.29 is 18.7 Å². The average Bonchev–Trinajstić information content (AvgIpc) is 2.58. The van der Waals surface area contributed by atoms with Crippen molar-refractivity contribution in [2.24, 2.45) is 0 Å². The molecule has 0 saturated carbocycles. The highest BCUT2D eigenvalue weighted by Crippen LogP contribution is 2.29. The number of rotatable bonds is 2. The fourth-order valence-corrected chi connectivity index (χ4v) is 2.90. The van der Waals surface area contributed by atoms with Gasteiger partial charge in [-0.2, -0.15) is 0 Å². The molecule has 0 spiro atoms. The molecule has 4 nitrogen and oxygen atoms in total. The second kappa shape index (κ2) is 6.32. The third-order valence-corrected chi connectivity index (χ3v) is 4.15. The van der Waals surface area contributed by atoms with E-state index in [0.29, 0.717) is 19.2 Å². The highest BCUT2D eigenvalue weighted by molar-refractivity contribution is 5.97. The number of halogens is 2. The summed E-state index contributed by atoms with van der Waals surface area (Å²) in [6.45, 7) is 0.912. The fourth-order valence-electron chi connectivity index (χ4n) is 2.90. The van der Waals surface area contributed by atoms with E-state index in [1.54, 1.807) is 6.20 Å². The Morgan fingerprint density at radius 3 is 2.61 bits per heavy atom. The van der Waals surface area contributed by atoms with Crippen LogP contribution >= 0.6 is 0 Å². The molecule has 0 atom stereocenters. The van der Waals surface area contributed by atoms with Crippen LogP contribution in [-0.2, 0) is 0 Å². The van der Waals surface area contributed by atoms with Crippen molar-refractivity contribution in [2.75, 3.05) is 13.1 Å². The van der Waals surface area contributed by atoms with Crippen LogP contribution in [0.15, 0.2) is 36.5 Å². The number of carbonyl (C=O) groups excluding carboxylic acids is 1. The lowest BCUT2D eigenvalue weighted by molar-refractivity contribution is 0.0707. The van der Waals surface area contributed by atoms with E-state index in [9.17, 15) is 18.7 Å². The molecule has 23 heavy (non-hydrogen) atoms. The summed E-state index contributed by atoms with van der Waals surface area (Å²) in [5.41, 5.74) is 0.651. The van der Waals surface area contributed by atoms with Crippen LogP contribution in [0.3, 0.4) is 0 Å². The highest BCUT2D eigenvalue weighted by Gasteiger charge is 2.27. The number of carbonyl (C=O) groups is 1. The molecule has 0 aliphatic carbocycles. The molecular weight excluding hydrogens is 302 g/mol. The number of amides is 1. The first-order valence-corrected chi connectivity index (χ1v) is 7.44. The van der Waals surface area contributed by atoms with E-state index in [4.69, 9.17) is 0 Å². The number of pyridine rings is 1. The van der Waals surface area contributed by atoms with Gasteiger partial charge in [-0.15, -0.1) is 0 Å². The Kier molecular flexibility index (Phi) is 4.23. The third-order valence-electron chi connectivity index (χ3n) is 4.15. The minimum absolute atomic E-state index is 0.262. The van der Waals surface area contributed by atoms with Gasteiger partial charge in [0.15, 0.2) is 11.6 Å². The quantitative estimate of drug-likeness (QED) is 0.926. The zero-order chi connectivity index (χ0) is 16.4. The van der Waals surface area contributed by atoms with Crippen molar-refractivity contribution in [2.45, 2.75) is 18.8 Å². The normalized spacial score (nSPS) is 15.7. The van der Waals surface area contributed by atoms with Gasteiger partial charge in [-0.05, 0) is 31.0 Å². The number of aromatic nitrogens is 1. The molecule has 1 aliphatic rings. The number of piperidine rings is 1. The topological polar surface area (TPSA) is 53.4 Å². The number of benzene rings is 1. The van der Waals surface area contributed by atoms with Gasteiger partial charge in [-0.1, -0.05) is 6.07 Å². The first kappa shape index (κ1) is 15.4. The molecule has 2 aromatic rings. The maximum Gasteiger partial charge on any atom is 0.257 e. The second-order valence-corrected chi connectivity index (χ2v) is 5.60. The van der Waals surface area contributed by atoms with Gasteiger partial charge in [0.1, 0.15) is 5.82 Å². The Labute approximate surface area is 132 Å². The number of hydrogen-bond donors (Lipinski definition) is 1. The van der Waals surface area contributed by atoms with Gasteiger partial charge >= 0.3 is 0 Å². The first-order valence-electron chi connectivity index (χ1n) is 7.44. The molecule has 2 heterocycles. The van der Waals surface area contributed by atoms with E-state index in [1.807, 2.05) is 18.2 Å². The van der Waals surface area contributed by atoms with E-state index in [2.05, 4.69) is 4.98 Å². The molecule has 1 aliphatic heterocycles. The number of aromatic hydroxyl groups is 1. The smallest absolute Gasteiger partial charge is 0.257 e. The monoisotopic (exact) mass is 318 g/mol. The van der Waals surface area contributed by atoms with Gasteiger partial charge in [0.2, 0.25) is 0 Å². The predicted octanol–water partition coefficient (Wildman–Crippen LogP) is 3.09. The molecule has 1 saturated heterocycles. The summed E-state index contributed by atoms with van der Waals surface area (Å²) >= 11 is 0. The SMILES string of the molecule is O=C(c1cc(F)cc(F)c1O)N1CCC(c2ccccn2)CC1. The Balaban J connectivity index is 1.72. The van der Waals surface area contributed by atoms with Gasteiger partial charge < -0.3 is 10.0 Å². The van der Waals surface area contributed by atoms with Crippen LogP contribution in [0.1, 0.15) is 34.8 Å². The van der Waals surface area contributed by atoms with Crippen LogP contribution in [-0.4, -0.2) is 34.0 Å². The number of phenolic OH excluding ortho intramolecular Hbond substituents is 1. The Morgan fingerprint density at radius 1 is 1.22 bits per heavy atom. The molecule has 1 amide bonds. The van der Waals surface area contributed by atoms with Crippen molar-refractivity contribution in [1.82, 2.24) is 9.88 Å². The molecule has 0 radical (unpaired) electrons. The van der Waals surface area contributed by atoms with Crippen LogP contribution in [0, 0.1) is 11.6 Å². The summed E-state index contributed by atoms with van der Waals surface area (Å²) in [5, 5.41) is 9.65. The highest BCUT2D eigenvalue weighted by atomic mass is 19.1. The summed E-state index contributed by atoms with van der Waals surface area (Å²) in [6.07, 6.45) is 3.18. The van der Waals surface area contributed by atoms with E-state index in [1.165, 1.54) is 4.90 Å². The van der Waals surface area contributed by atoms with Crippen molar-refractivity contribution in [1.29, 1.82) is 0 Å². The van der Waals surface area contributed by atoms with E-state index in [0.717, 1.165) is 24.6 Å². The third kappa shape index (κ3) is 3.16. The lowest BCUT2D eigenvalue weighted by Crippen LogP contribution is -2.38.